The van der Waals surface area contributed by atoms with Crippen molar-refractivity contribution in [1.82, 2.24) is 80.7 Å². The average molecular weight is 2000 g/mol. The maximum absolute atomic E-state index is 9.76. The summed E-state index contributed by atoms with van der Waals surface area (Å²) in [5.74, 6) is 3.59. The van der Waals surface area contributed by atoms with Gasteiger partial charge in [-0.15, -0.1) is 11.8 Å². The van der Waals surface area contributed by atoms with E-state index < -0.39 is 6.10 Å². The Morgan fingerprint density at radius 3 is 1.20 bits per heavy atom. The van der Waals surface area contributed by atoms with E-state index in [9.17, 15) is 30.6 Å². The second-order valence-corrected chi connectivity index (χ2v) is 40.6. The molecule has 7 heterocycles. The second-order valence-electron chi connectivity index (χ2n) is 38.0. The lowest BCUT2D eigenvalue weighted by Crippen LogP contribution is -2.43. The van der Waals surface area contributed by atoms with Crippen LogP contribution in [0.15, 0.2) is 183 Å². The fraction of sp³-hybridized carbons (Fsp3) is 0.474. The number of nitrogens with two attached hydrogens (primary N) is 1. The Labute approximate surface area is 862 Å². The Balaban J connectivity index is 0.000000160. The predicted molar refractivity (Wildman–Crippen MR) is 586 cm³/mol. The first-order valence-corrected chi connectivity index (χ1v) is 54.2. The van der Waals surface area contributed by atoms with Gasteiger partial charge in [0.05, 0.1) is 71.8 Å². The molecule has 0 unspecified atom stereocenters. The maximum Gasteiger partial charge on any atom is 0.116 e. The summed E-state index contributed by atoms with van der Waals surface area (Å²) in [4.78, 5) is 57.5. The summed E-state index contributed by atoms with van der Waals surface area (Å²) in [5, 5.41) is 77.2. The Bertz CT molecular complexity index is 5840. The van der Waals surface area contributed by atoms with Crippen molar-refractivity contribution in [2.45, 2.75) is 277 Å². The zero-order valence-electron chi connectivity index (χ0n) is 85.9. The molecule has 0 saturated carbocycles. The van der Waals surface area contributed by atoms with Gasteiger partial charge in [0.15, 0.2) is 0 Å². The maximum atomic E-state index is 9.76. The van der Waals surface area contributed by atoms with Crippen LogP contribution in [0.4, 0.5) is 5.69 Å². The number of aliphatic hydroxyl groups is 7. The van der Waals surface area contributed by atoms with E-state index in [4.69, 9.17) is 22.4 Å². The topological polar surface area (TPSA) is 371 Å². The van der Waals surface area contributed by atoms with Crippen LogP contribution in [0.5, 0.6) is 0 Å². The molecule has 7 aliphatic rings. The minimum Gasteiger partial charge on any atom is -0.398 e. The number of nitrogens with zero attached hydrogens (tertiary/aromatic N) is 13. The van der Waals surface area contributed by atoms with Gasteiger partial charge in [0.1, 0.15) is 38.0 Å². The molecule has 7 atom stereocenters. The van der Waals surface area contributed by atoms with Gasteiger partial charge in [0.25, 0.3) is 0 Å². The Morgan fingerprint density at radius 1 is 0.371 bits per heavy atom. The molecule has 24 nitrogen and oxygen atoms in total. The number of rotatable bonds is 46. The number of allylic oxidation sites excluding steroid dienone is 11. The first kappa shape index (κ1) is 113. The van der Waals surface area contributed by atoms with Crippen molar-refractivity contribution in [1.29, 1.82) is 0 Å². The fourth-order valence-electron chi connectivity index (χ4n) is 18.6. The van der Waals surface area contributed by atoms with E-state index in [1.54, 1.807) is 49.7 Å². The highest BCUT2D eigenvalue weighted by atomic mass is 35.5. The summed E-state index contributed by atoms with van der Waals surface area (Å²) in [5.41, 5.74) is 41.0. The standard InChI is InChI=1S/C19H21ClN2OS.C19H23N3OS.C18H20N2O.C18H28N2.C15H23N3O.C14H21N3O2.C13H18N2O/c1-13-18-9-4-15(19(18)22-12-21-13)3-2-14(10-23)11-24-17-7-5-16(20)6-8-17;1-14-18-8-7-16(19(18)22-13-21-14)9-20-17(10-23)12-24-11-15-5-3-2-4-6-15;1-13-17-10-9-15(18(17)20-12-19-13)7-8-16(11-21)14-5-3-2-4-6-14;1-2-3-4-5-6-7-8-9-10-15-11-12-16-17(19)13-14-20-18(15)16;1-3-4-5-13(9-19)16-8-12-6-7-14-11(2)17-10-18-15(12)14;1-3-13(19)12(7-18)15-6-10-4-5-11-9(2)16-8-17-14(10)11;1-9(7-16)3-4-11-5-6-12-10(2)14-8-15-13(11)12/h4-8,12,14,23H,2-3,9-11H2,1H3;2-7,13,17,20,23H,8-12H2,1H3;2-6,9,12,16,21H,7-8,10-11H2,1H3;11,13-14H,2-10,12H2,1H3,(H2,19,20);6,10,13,16,19H,3-5,7-9H2,1-2H3;4,8,12-13,15,18-19H,3,5-7H2,1-2H3;5,8-9,16H,3-4,6-7H2,1-2H3/t14-;17-;16-;;13-;12-,13-;9-/m111.111/s1. The Kier molecular flexibility index (Phi) is 48.6. The molecule has 10 aromatic rings. The molecule has 17 rings (SSSR count). The largest absolute Gasteiger partial charge is 0.398 e. The summed E-state index contributed by atoms with van der Waals surface area (Å²) in [6.45, 7) is 23.6. The summed E-state index contributed by atoms with van der Waals surface area (Å²) in [7, 11) is 0. The van der Waals surface area contributed by atoms with Crippen LogP contribution in [0, 0.1) is 53.4 Å². The molecule has 7 aliphatic carbocycles. The van der Waals surface area contributed by atoms with Crippen molar-refractivity contribution in [2.24, 2.45) is 11.8 Å². The zero-order chi connectivity index (χ0) is 102. The van der Waals surface area contributed by atoms with Crippen LogP contribution in [-0.4, -0.2) is 196 Å². The fourth-order valence-corrected chi connectivity index (χ4v) is 20.8. The van der Waals surface area contributed by atoms with Crippen LogP contribution in [-0.2, 0) is 50.7 Å². The number of aromatic nitrogens is 13. The van der Waals surface area contributed by atoms with Crippen LogP contribution in [0.25, 0.3) is 39.0 Å². The summed E-state index contributed by atoms with van der Waals surface area (Å²) < 4.78 is 0. The van der Waals surface area contributed by atoms with Crippen molar-refractivity contribution < 1.29 is 35.7 Å². The molecule has 3 aromatic carbocycles. The lowest BCUT2D eigenvalue weighted by molar-refractivity contribution is 0.0893. The van der Waals surface area contributed by atoms with E-state index >= 15 is 0 Å². The molecule has 0 saturated heterocycles. The zero-order valence-corrected chi connectivity index (χ0v) is 88.3. The summed E-state index contributed by atoms with van der Waals surface area (Å²) >= 11 is 9.52. The summed E-state index contributed by atoms with van der Waals surface area (Å²) in [6.07, 6.45) is 55.2. The van der Waals surface area contributed by atoms with E-state index in [-0.39, 0.29) is 69.6 Å². The van der Waals surface area contributed by atoms with Gasteiger partial charge < -0.3 is 57.4 Å². The quantitative estimate of drug-likeness (QED) is 0.0125. The van der Waals surface area contributed by atoms with Gasteiger partial charge in [-0.1, -0.05) is 200 Å². The molecule has 764 valence electrons. The van der Waals surface area contributed by atoms with Gasteiger partial charge in [-0.25, -0.2) is 59.8 Å². The number of aryl methyl sites for hydroxylation is 6. The first-order valence-electron chi connectivity index (χ1n) is 51.7. The van der Waals surface area contributed by atoms with Crippen molar-refractivity contribution in [3.63, 3.8) is 0 Å². The third-order valence-electron chi connectivity index (χ3n) is 27.8. The predicted octanol–water partition coefficient (Wildman–Crippen LogP) is 20.0. The second kappa shape index (κ2) is 61.3. The van der Waals surface area contributed by atoms with Crippen LogP contribution < -0.4 is 21.7 Å². The van der Waals surface area contributed by atoms with Crippen molar-refractivity contribution >= 4 is 79.8 Å². The first-order chi connectivity index (χ1) is 69.7. The van der Waals surface area contributed by atoms with Crippen LogP contribution in [0.2, 0.25) is 5.02 Å². The number of hydrogen-bond donors (Lipinski definition) is 11. The highest BCUT2D eigenvalue weighted by Crippen LogP contribution is 2.39. The van der Waals surface area contributed by atoms with Gasteiger partial charge >= 0.3 is 0 Å². The minimum absolute atomic E-state index is 0.0715. The number of halogens is 1. The average Bonchev–Trinajstić information content (AvgIpc) is 1.71. The van der Waals surface area contributed by atoms with Crippen molar-refractivity contribution in [2.75, 3.05) is 76.5 Å². The van der Waals surface area contributed by atoms with Crippen molar-refractivity contribution in [3.8, 4) is 0 Å². The SMILES string of the molecule is CCCCCCCCCCC1=CCc2c(N)ccnc21.CCCC[C@H](CO)NCC1=CCc2c(C)ncnc21.CC[C@@H](O)[C@@H](CO)NCC1=CCc2c(C)ncnc21.Cc1ncnc2c1CC=C2CC[C@@H](C)CO.Cc1ncnc2c1CC=C2CC[C@H](CO)CSc1ccc(Cl)cc1.Cc1ncnc2c1CC=C2CC[C@H](CO)c1ccccc1.Cc1ncnc2c1CC=C2CN[C@H](CO)CSCc1ccccc1. The van der Waals surface area contributed by atoms with Gasteiger partial charge in [0.2, 0.25) is 0 Å². The highest BCUT2D eigenvalue weighted by molar-refractivity contribution is 7.99. The number of aliphatic hydroxyl groups excluding tert-OH is 7. The van der Waals surface area contributed by atoms with E-state index in [0.717, 1.165) is 223 Å². The number of fused-ring (bicyclic) bond motifs is 7. The van der Waals surface area contributed by atoms with Gasteiger partial charge in [0, 0.05) is 170 Å². The summed E-state index contributed by atoms with van der Waals surface area (Å²) in [6, 6.07) is 30.4. The minimum atomic E-state index is -0.529. The molecule has 0 bridgehead atoms. The molecule has 12 N–H and O–H groups in total. The molecular formula is C116H154ClN17O7S2. The van der Waals surface area contributed by atoms with E-state index in [0.29, 0.717) is 18.9 Å². The van der Waals surface area contributed by atoms with E-state index in [2.05, 4.69) is 180 Å². The normalized spacial score (nSPS) is 14.9. The molecule has 0 aliphatic heterocycles. The van der Waals surface area contributed by atoms with Crippen LogP contribution >= 0.6 is 35.1 Å². The monoisotopic (exact) mass is 2000 g/mol. The number of pyridine rings is 1. The number of thioether (sulfide) groups is 2. The van der Waals surface area contributed by atoms with Gasteiger partial charge in [-0.2, -0.15) is 11.8 Å². The molecule has 0 fully saturated rings. The lowest BCUT2D eigenvalue weighted by Gasteiger charge is -2.21. The van der Waals surface area contributed by atoms with Gasteiger partial charge in [-0.05, 0) is 243 Å². The Morgan fingerprint density at radius 2 is 0.769 bits per heavy atom. The number of unbranched alkanes of at least 4 members (excludes halogenated alkanes) is 8. The number of nitrogen functional groups attached to an aromatic ring is 1. The van der Waals surface area contributed by atoms with Crippen LogP contribution in [0.3, 0.4) is 0 Å². The number of nitrogens with one attached hydrogen (secondary N) is 3. The highest BCUT2D eigenvalue weighted by Gasteiger charge is 2.28. The molecule has 0 amide bonds. The third kappa shape index (κ3) is 34.5. The lowest BCUT2D eigenvalue weighted by atomic mass is 9.92. The molecule has 7 aromatic heterocycles. The number of hydrogen-bond acceptors (Lipinski definition) is 26. The third-order valence-corrected chi connectivity index (χ3v) is 30.4. The molecule has 27 heteroatoms. The number of benzene rings is 3. The number of anilines is 1. The van der Waals surface area contributed by atoms with E-state index in [1.165, 1.54) is 146 Å². The Hall–Kier alpha value is -10.1. The van der Waals surface area contributed by atoms with Crippen LogP contribution in [0.1, 0.15) is 280 Å². The van der Waals surface area contributed by atoms with Crippen molar-refractivity contribution in [3.05, 3.63) is 307 Å². The molecular weight excluding hydrogens is 1840 g/mol. The van der Waals surface area contributed by atoms with E-state index in [1.807, 2.05) is 121 Å². The smallest absolute Gasteiger partial charge is 0.116 e. The molecule has 143 heavy (non-hydrogen) atoms. The molecule has 0 radical (unpaired) electrons. The molecule has 0 spiro atoms. The van der Waals surface area contributed by atoms with Gasteiger partial charge in [-0.3, -0.25) is 4.98 Å².